The van der Waals surface area contributed by atoms with E-state index in [0.29, 0.717) is 45.1 Å². The van der Waals surface area contributed by atoms with Crippen molar-refractivity contribution in [3.05, 3.63) is 23.5 Å². The first kappa shape index (κ1) is 23.1. The Hall–Kier alpha value is -2.66. The number of rotatable bonds is 5. The second kappa shape index (κ2) is 8.53. The molecule has 4 N–H and O–H groups in total. The van der Waals surface area contributed by atoms with Crippen molar-refractivity contribution >= 4 is 38.2 Å². The van der Waals surface area contributed by atoms with Gasteiger partial charge in [-0.1, -0.05) is 0 Å². The van der Waals surface area contributed by atoms with Crippen molar-refractivity contribution in [3.8, 4) is 0 Å². The van der Waals surface area contributed by atoms with E-state index in [1.54, 1.807) is 0 Å². The summed E-state index contributed by atoms with van der Waals surface area (Å²) >= 11 is 0. The molecule has 10 nitrogen and oxygen atoms in total. The summed E-state index contributed by atoms with van der Waals surface area (Å²) in [6.07, 6.45) is 7.87. The van der Waals surface area contributed by atoms with Gasteiger partial charge in [-0.05, 0) is 58.4 Å². The Morgan fingerprint density at radius 3 is 2.65 bits per heavy atom. The fourth-order valence-corrected chi connectivity index (χ4v) is 6.87. The van der Waals surface area contributed by atoms with E-state index in [2.05, 4.69) is 22.0 Å². The molecule has 3 aliphatic rings. The standard InChI is InChI=1S/C23H32N6O4S/c1-3-29-22-19(14(2)27-29)20(26-16-6-10-34(31,32)11-7-16)17(13-25-22)18-12-23(33-28-18)8-4-15(5-9-23)21(24)30/h12-13,15-16,28H,3-11H2,1-2H3,(H2,24,30)(H,25,26). The van der Waals surface area contributed by atoms with Gasteiger partial charge in [-0.3, -0.25) is 15.1 Å². The maximum atomic E-state index is 12.0. The zero-order chi connectivity index (χ0) is 24.1. The molecule has 1 saturated carbocycles. The number of hydrogen-bond donors (Lipinski definition) is 3. The third kappa shape index (κ3) is 4.15. The van der Waals surface area contributed by atoms with Gasteiger partial charge in [0, 0.05) is 30.3 Å². The van der Waals surface area contributed by atoms with Crippen molar-refractivity contribution in [2.45, 2.75) is 70.6 Å². The second-order valence-electron chi connectivity index (χ2n) is 9.72. The number of pyridine rings is 1. The van der Waals surface area contributed by atoms with Gasteiger partial charge in [0.05, 0.1) is 34.0 Å². The third-order valence-electron chi connectivity index (χ3n) is 7.43. The largest absolute Gasteiger partial charge is 0.381 e. The number of carbonyl (C=O) groups excluding carboxylic acids is 1. The number of nitrogens with one attached hydrogen (secondary N) is 2. The molecular weight excluding hydrogens is 456 g/mol. The van der Waals surface area contributed by atoms with Gasteiger partial charge in [-0.15, -0.1) is 0 Å². The average molecular weight is 489 g/mol. The number of sulfone groups is 1. The molecule has 1 spiro atoms. The van der Waals surface area contributed by atoms with Gasteiger partial charge in [0.2, 0.25) is 5.91 Å². The van der Waals surface area contributed by atoms with Crippen LogP contribution in [0.4, 0.5) is 5.69 Å². The van der Waals surface area contributed by atoms with Crippen LogP contribution < -0.4 is 16.5 Å². The summed E-state index contributed by atoms with van der Waals surface area (Å²) in [4.78, 5) is 22.4. The zero-order valence-electron chi connectivity index (χ0n) is 19.6. The van der Waals surface area contributed by atoms with E-state index in [4.69, 9.17) is 15.6 Å². The van der Waals surface area contributed by atoms with Gasteiger partial charge in [-0.2, -0.15) is 5.10 Å². The predicted octanol–water partition coefficient (Wildman–Crippen LogP) is 2.04. The van der Waals surface area contributed by atoms with Crippen LogP contribution in [-0.4, -0.2) is 52.2 Å². The highest BCUT2D eigenvalue weighted by Gasteiger charge is 2.41. The Morgan fingerprint density at radius 1 is 1.29 bits per heavy atom. The summed E-state index contributed by atoms with van der Waals surface area (Å²) in [6.45, 7) is 4.70. The van der Waals surface area contributed by atoms with Crippen molar-refractivity contribution in [1.29, 1.82) is 0 Å². The molecule has 2 aromatic rings. The van der Waals surface area contributed by atoms with E-state index in [9.17, 15) is 13.2 Å². The Bertz CT molecular complexity index is 1250. The smallest absolute Gasteiger partial charge is 0.220 e. The fourth-order valence-electron chi connectivity index (χ4n) is 5.38. The van der Waals surface area contributed by atoms with Crippen LogP contribution in [-0.2, 0) is 26.0 Å². The van der Waals surface area contributed by atoms with Crippen molar-refractivity contribution in [2.24, 2.45) is 11.7 Å². The highest BCUT2D eigenvalue weighted by atomic mass is 32.2. The minimum absolute atomic E-state index is 0.0418. The summed E-state index contributed by atoms with van der Waals surface area (Å²) in [5.74, 6) is 0.0294. The number of hydroxylamine groups is 1. The van der Waals surface area contributed by atoms with Gasteiger partial charge in [0.25, 0.3) is 0 Å². The van der Waals surface area contributed by atoms with Gasteiger partial charge in [0.15, 0.2) is 5.65 Å². The number of anilines is 1. The molecule has 0 atom stereocenters. The molecule has 4 heterocycles. The molecule has 0 radical (unpaired) electrons. The van der Waals surface area contributed by atoms with E-state index in [1.165, 1.54) is 0 Å². The molecule has 2 aromatic heterocycles. The van der Waals surface area contributed by atoms with E-state index in [1.807, 2.05) is 24.7 Å². The molecule has 2 aliphatic heterocycles. The summed E-state index contributed by atoms with van der Waals surface area (Å²) in [7, 11) is -2.96. The first-order valence-electron chi connectivity index (χ1n) is 12.0. The lowest BCUT2D eigenvalue weighted by Gasteiger charge is -2.32. The van der Waals surface area contributed by atoms with E-state index >= 15 is 0 Å². The van der Waals surface area contributed by atoms with Gasteiger partial charge in [-0.25, -0.2) is 18.1 Å². The first-order valence-corrected chi connectivity index (χ1v) is 13.8. The van der Waals surface area contributed by atoms with Crippen LogP contribution in [0.15, 0.2) is 12.3 Å². The lowest BCUT2D eigenvalue weighted by molar-refractivity contribution is -0.125. The number of aromatic nitrogens is 3. The topological polar surface area (TPSA) is 141 Å². The second-order valence-corrected chi connectivity index (χ2v) is 12.0. The first-order chi connectivity index (χ1) is 16.2. The molecule has 0 aromatic carbocycles. The van der Waals surface area contributed by atoms with Crippen LogP contribution >= 0.6 is 0 Å². The Labute approximate surface area is 199 Å². The van der Waals surface area contributed by atoms with Crippen molar-refractivity contribution in [2.75, 3.05) is 16.8 Å². The van der Waals surface area contributed by atoms with E-state index in [0.717, 1.165) is 33.7 Å². The summed E-state index contributed by atoms with van der Waals surface area (Å²) < 4.78 is 25.8. The number of nitrogens with zero attached hydrogens (tertiary/aromatic N) is 3. The number of carbonyl (C=O) groups is 1. The maximum absolute atomic E-state index is 12.0. The molecule has 1 aliphatic carbocycles. The lowest BCUT2D eigenvalue weighted by atomic mass is 9.78. The minimum atomic E-state index is -2.96. The molecule has 11 heteroatoms. The van der Waals surface area contributed by atoms with Crippen molar-refractivity contribution in [1.82, 2.24) is 20.2 Å². The van der Waals surface area contributed by atoms with Crippen molar-refractivity contribution < 1.29 is 18.0 Å². The van der Waals surface area contributed by atoms with Crippen LogP contribution in [0.3, 0.4) is 0 Å². The minimum Gasteiger partial charge on any atom is -0.381 e. The summed E-state index contributed by atoms with van der Waals surface area (Å²) in [6, 6.07) is 0.0418. The molecule has 34 heavy (non-hydrogen) atoms. The van der Waals surface area contributed by atoms with Gasteiger partial charge >= 0.3 is 0 Å². The molecule has 0 unspecified atom stereocenters. The molecule has 184 valence electrons. The zero-order valence-corrected chi connectivity index (χ0v) is 20.5. The third-order valence-corrected chi connectivity index (χ3v) is 9.15. The molecular formula is C23H32N6O4S. The molecule has 1 saturated heterocycles. The highest BCUT2D eigenvalue weighted by molar-refractivity contribution is 7.91. The highest BCUT2D eigenvalue weighted by Crippen LogP contribution is 2.42. The SMILES string of the molecule is CCn1nc(C)c2c(NC3CCS(=O)(=O)CC3)c(C3=CC4(CCC(C(N)=O)CC4)ON3)cnc21. The lowest BCUT2D eigenvalue weighted by Crippen LogP contribution is -2.38. The van der Waals surface area contributed by atoms with Crippen LogP contribution in [0.25, 0.3) is 16.7 Å². The number of amides is 1. The number of fused-ring (bicyclic) bond motifs is 1. The monoisotopic (exact) mass is 488 g/mol. The van der Waals surface area contributed by atoms with E-state index in [-0.39, 0.29) is 29.4 Å². The molecule has 0 bridgehead atoms. The predicted molar refractivity (Wildman–Crippen MR) is 129 cm³/mol. The van der Waals surface area contributed by atoms with Crippen LogP contribution in [0.1, 0.15) is 56.7 Å². The Morgan fingerprint density at radius 2 is 2.00 bits per heavy atom. The normalized spacial score (nSPS) is 22.6. The van der Waals surface area contributed by atoms with Crippen LogP contribution in [0, 0.1) is 12.8 Å². The number of nitrogens with two attached hydrogens (primary N) is 1. The van der Waals surface area contributed by atoms with Crippen LogP contribution in [0.5, 0.6) is 0 Å². The quantitative estimate of drug-likeness (QED) is 0.581. The van der Waals surface area contributed by atoms with Gasteiger partial charge in [0.1, 0.15) is 15.4 Å². The van der Waals surface area contributed by atoms with Crippen LogP contribution in [0.2, 0.25) is 0 Å². The maximum Gasteiger partial charge on any atom is 0.220 e. The summed E-state index contributed by atoms with van der Waals surface area (Å²) in [5, 5.41) is 9.25. The summed E-state index contributed by atoms with van der Waals surface area (Å²) in [5.41, 5.74) is 12.4. The van der Waals surface area contributed by atoms with E-state index < -0.39 is 15.4 Å². The Balaban J connectivity index is 1.52. The number of hydrogen-bond acceptors (Lipinski definition) is 8. The molecule has 2 fully saturated rings. The Kier molecular flexibility index (Phi) is 5.79. The molecule has 1 amide bonds. The molecule has 5 rings (SSSR count). The number of aryl methyl sites for hydroxylation is 2. The number of primary amides is 1. The van der Waals surface area contributed by atoms with Crippen molar-refractivity contribution in [3.63, 3.8) is 0 Å². The fraction of sp³-hybridized carbons (Fsp3) is 0.609. The van der Waals surface area contributed by atoms with Gasteiger partial charge < -0.3 is 11.1 Å². The average Bonchev–Trinajstić information content (AvgIpc) is 3.36.